The largest absolute Gasteiger partial charge is 0.456 e. The van der Waals surface area contributed by atoms with Crippen molar-refractivity contribution in [1.82, 2.24) is 0 Å². The molecule has 1 heterocycles. The van der Waals surface area contributed by atoms with E-state index >= 15 is 0 Å². The van der Waals surface area contributed by atoms with Gasteiger partial charge in [0.15, 0.2) is 0 Å². The van der Waals surface area contributed by atoms with E-state index in [1.54, 1.807) is 0 Å². The van der Waals surface area contributed by atoms with Crippen LogP contribution in [-0.4, -0.2) is 0 Å². The molecule has 0 bridgehead atoms. The fraction of sp³-hybridized carbons (Fsp3) is 0.138. The van der Waals surface area contributed by atoms with Gasteiger partial charge in [-0.05, 0) is 120 Å². The fourth-order valence-electron chi connectivity index (χ4n) is 8.82. The second kappa shape index (κ2) is 14.4. The summed E-state index contributed by atoms with van der Waals surface area (Å²) in [5.74, 6) is 0. The van der Waals surface area contributed by atoms with Crippen LogP contribution in [0.25, 0.3) is 76.9 Å². The number of benzene rings is 9. The molecule has 292 valence electrons. The molecule has 0 aliphatic heterocycles. The zero-order valence-corrected chi connectivity index (χ0v) is 35.3. The molecule has 0 saturated heterocycles. The van der Waals surface area contributed by atoms with E-state index in [-0.39, 0.29) is 10.8 Å². The summed E-state index contributed by atoms with van der Waals surface area (Å²) in [6.07, 6.45) is 0. The molecule has 0 N–H and O–H groups in total. The van der Waals surface area contributed by atoms with Crippen molar-refractivity contribution >= 4 is 60.5 Å². The molecule has 0 amide bonds. The quantitative estimate of drug-likeness (QED) is 0.167. The highest BCUT2D eigenvalue weighted by Crippen LogP contribution is 2.46. The van der Waals surface area contributed by atoms with Gasteiger partial charge in [0, 0.05) is 27.7 Å². The van der Waals surface area contributed by atoms with Gasteiger partial charge in [0.1, 0.15) is 11.2 Å². The molecule has 0 aliphatic carbocycles. The lowest BCUT2D eigenvalue weighted by atomic mass is 9.78. The van der Waals surface area contributed by atoms with Crippen LogP contribution >= 0.6 is 0 Å². The van der Waals surface area contributed by atoms with Crippen LogP contribution in [0.15, 0.2) is 192 Å². The van der Waals surface area contributed by atoms with Gasteiger partial charge in [-0.25, -0.2) is 0 Å². The number of furan rings is 1. The average molecular weight is 776 g/mol. The summed E-state index contributed by atoms with van der Waals surface area (Å²) in [4.78, 5) is 2.44. The first kappa shape index (κ1) is 37.4. The Labute approximate surface area is 353 Å². The molecule has 10 rings (SSSR count). The van der Waals surface area contributed by atoms with Crippen molar-refractivity contribution in [3.63, 3.8) is 0 Å². The van der Waals surface area contributed by atoms with Gasteiger partial charge in [0.2, 0.25) is 0 Å². The van der Waals surface area contributed by atoms with Gasteiger partial charge < -0.3 is 9.32 Å². The zero-order valence-electron chi connectivity index (χ0n) is 35.3. The van der Waals surface area contributed by atoms with Gasteiger partial charge >= 0.3 is 0 Å². The average Bonchev–Trinajstić information content (AvgIpc) is 3.64. The Hall–Kier alpha value is -6.90. The normalized spacial score (nSPS) is 12.2. The summed E-state index contributed by atoms with van der Waals surface area (Å²) in [6.45, 7) is 13.9. The molecule has 0 radical (unpaired) electrons. The molecule has 9 aromatic carbocycles. The Morgan fingerprint density at radius 3 is 1.75 bits per heavy atom. The molecule has 1 aromatic heterocycles. The molecule has 2 nitrogen and oxygen atoms in total. The molecule has 0 aliphatic rings. The van der Waals surface area contributed by atoms with Gasteiger partial charge in [0.05, 0.1) is 5.69 Å². The summed E-state index contributed by atoms with van der Waals surface area (Å²) >= 11 is 0. The Kier molecular flexibility index (Phi) is 8.99. The van der Waals surface area contributed by atoms with Crippen LogP contribution in [0.1, 0.15) is 52.7 Å². The maximum Gasteiger partial charge on any atom is 0.135 e. The Morgan fingerprint density at radius 1 is 0.367 bits per heavy atom. The number of fused-ring (bicyclic) bond motifs is 5. The first-order chi connectivity index (χ1) is 29.0. The first-order valence-electron chi connectivity index (χ1n) is 21.1. The Bertz CT molecular complexity index is 3200. The topological polar surface area (TPSA) is 16.4 Å². The van der Waals surface area contributed by atoms with Crippen molar-refractivity contribution in [2.45, 2.75) is 52.4 Å². The van der Waals surface area contributed by atoms with Crippen molar-refractivity contribution in [3.8, 4) is 33.4 Å². The van der Waals surface area contributed by atoms with Crippen LogP contribution in [0, 0.1) is 0 Å². The number of anilines is 3. The van der Waals surface area contributed by atoms with Crippen molar-refractivity contribution in [2.75, 3.05) is 4.90 Å². The molecule has 10 aromatic rings. The highest BCUT2D eigenvalue weighted by molar-refractivity contribution is 6.09. The second-order valence-electron chi connectivity index (χ2n) is 18.3. The van der Waals surface area contributed by atoms with Gasteiger partial charge in [-0.15, -0.1) is 0 Å². The molecule has 0 fully saturated rings. The predicted octanol–water partition coefficient (Wildman–Crippen LogP) is 17.0. The van der Waals surface area contributed by atoms with Gasteiger partial charge in [-0.1, -0.05) is 181 Å². The minimum Gasteiger partial charge on any atom is -0.456 e. The maximum atomic E-state index is 6.21. The maximum absolute atomic E-state index is 6.21. The van der Waals surface area contributed by atoms with Gasteiger partial charge in [-0.2, -0.15) is 0 Å². The highest BCUT2D eigenvalue weighted by Gasteiger charge is 2.24. The van der Waals surface area contributed by atoms with Crippen LogP contribution in [0.5, 0.6) is 0 Å². The second-order valence-corrected chi connectivity index (χ2v) is 18.3. The highest BCUT2D eigenvalue weighted by atomic mass is 16.3. The molecule has 2 heteroatoms. The van der Waals surface area contributed by atoms with E-state index in [0.29, 0.717) is 0 Å². The summed E-state index contributed by atoms with van der Waals surface area (Å²) in [5, 5.41) is 7.15. The smallest absolute Gasteiger partial charge is 0.135 e. The summed E-state index contributed by atoms with van der Waals surface area (Å²) in [7, 11) is 0. The van der Waals surface area contributed by atoms with Gasteiger partial charge in [0.25, 0.3) is 0 Å². The molecular formula is C58H49NO. The van der Waals surface area contributed by atoms with Crippen LogP contribution in [-0.2, 0) is 10.8 Å². The Balaban J connectivity index is 1.19. The minimum atomic E-state index is 0.00296. The Morgan fingerprint density at radius 2 is 0.967 bits per heavy atom. The van der Waals surface area contributed by atoms with Crippen molar-refractivity contribution in [3.05, 3.63) is 199 Å². The summed E-state index contributed by atoms with van der Waals surface area (Å²) < 4.78 is 6.21. The molecule has 0 unspecified atom stereocenters. The molecule has 0 atom stereocenters. The third kappa shape index (κ3) is 6.73. The van der Waals surface area contributed by atoms with Gasteiger partial charge in [-0.3, -0.25) is 0 Å². The van der Waals surface area contributed by atoms with Crippen LogP contribution in [0.2, 0.25) is 0 Å². The van der Waals surface area contributed by atoms with Crippen molar-refractivity contribution in [2.24, 2.45) is 0 Å². The number of hydrogen-bond acceptors (Lipinski definition) is 2. The zero-order chi connectivity index (χ0) is 41.2. The number of para-hydroxylation sites is 2. The van der Waals surface area contributed by atoms with E-state index in [1.165, 1.54) is 54.9 Å². The predicted molar refractivity (Wildman–Crippen MR) is 257 cm³/mol. The summed E-state index contributed by atoms with van der Waals surface area (Å²) in [5.41, 5.74) is 15.0. The minimum absolute atomic E-state index is 0.00296. The van der Waals surface area contributed by atoms with Crippen molar-refractivity contribution < 1.29 is 4.42 Å². The monoisotopic (exact) mass is 775 g/mol. The van der Waals surface area contributed by atoms with Crippen LogP contribution in [0.3, 0.4) is 0 Å². The summed E-state index contributed by atoms with van der Waals surface area (Å²) in [6, 6.07) is 69.0. The number of hydrogen-bond donors (Lipinski definition) is 0. The lowest BCUT2D eigenvalue weighted by molar-refractivity contribution is 0.569. The fourth-order valence-corrected chi connectivity index (χ4v) is 8.82. The van der Waals surface area contributed by atoms with E-state index in [1.807, 2.05) is 12.1 Å². The lowest BCUT2D eigenvalue weighted by Crippen LogP contribution is -2.16. The van der Waals surface area contributed by atoms with E-state index in [2.05, 4.69) is 222 Å². The number of nitrogens with zero attached hydrogens (tertiary/aromatic N) is 1. The van der Waals surface area contributed by atoms with E-state index in [4.69, 9.17) is 4.42 Å². The van der Waals surface area contributed by atoms with E-state index < -0.39 is 0 Å². The third-order valence-electron chi connectivity index (χ3n) is 12.1. The van der Waals surface area contributed by atoms with E-state index in [9.17, 15) is 0 Å². The lowest BCUT2D eigenvalue weighted by Gasteiger charge is -2.29. The molecular weight excluding hydrogens is 727 g/mol. The standard InChI is InChI=1S/C58H49NO/c1-57(2,3)44-32-43(33-45(37-44)58(4,5)6)48-24-14-18-39-19-15-25-51(56(39)48)49-22-9-11-26-53(49)59(47-30-28-38-16-7-8-17-40(38)34-47)46-21-13-20-41(35-46)42-29-31-55-52(36-42)50-23-10-12-27-54(50)60-55/h7-37H,1-6H3. The van der Waals surface area contributed by atoms with E-state index in [0.717, 1.165) is 50.1 Å². The SMILES string of the molecule is CC(C)(C)c1cc(-c2cccc3cccc(-c4ccccc4N(c4cccc(-c5ccc6oc7ccccc7c6c5)c4)c4ccc5ccccc5c4)c23)cc(C(C)(C)C)c1. The molecule has 60 heavy (non-hydrogen) atoms. The van der Waals surface area contributed by atoms with Crippen LogP contribution in [0.4, 0.5) is 17.1 Å². The third-order valence-corrected chi connectivity index (χ3v) is 12.1. The molecule has 0 saturated carbocycles. The first-order valence-corrected chi connectivity index (χ1v) is 21.1. The number of rotatable bonds is 6. The molecule has 0 spiro atoms. The van der Waals surface area contributed by atoms with Crippen LogP contribution < -0.4 is 4.90 Å². The van der Waals surface area contributed by atoms with Crippen molar-refractivity contribution in [1.29, 1.82) is 0 Å².